The third-order valence-corrected chi connectivity index (χ3v) is 5.40. The van der Waals surface area contributed by atoms with Crippen LogP contribution in [0.2, 0.25) is 5.02 Å². The fourth-order valence-electron chi connectivity index (χ4n) is 3.71. The second-order valence-corrected chi connectivity index (χ2v) is 7.99. The highest BCUT2D eigenvalue weighted by Crippen LogP contribution is 2.23. The molecule has 0 aromatic carbocycles. The molecule has 1 amide bonds. The maximum absolute atomic E-state index is 13.7. The van der Waals surface area contributed by atoms with Crippen molar-refractivity contribution in [3.05, 3.63) is 59.3 Å². The van der Waals surface area contributed by atoms with Gasteiger partial charge in [-0.25, -0.2) is 9.97 Å². The van der Waals surface area contributed by atoms with Crippen LogP contribution in [0.15, 0.2) is 42.9 Å². The van der Waals surface area contributed by atoms with Gasteiger partial charge in [0.15, 0.2) is 5.69 Å². The maximum atomic E-state index is 13.7. The molecule has 0 bridgehead atoms. The van der Waals surface area contributed by atoms with Crippen LogP contribution >= 0.6 is 11.6 Å². The van der Waals surface area contributed by atoms with Crippen molar-refractivity contribution in [3.8, 4) is 5.69 Å². The lowest BCUT2D eigenvalue weighted by molar-refractivity contribution is -0.0880. The van der Waals surface area contributed by atoms with E-state index < -0.39 is 0 Å². The SMILES string of the molecule is Cc1ccc(-n2nccn2)c(C(=O)N2C[C@@H](C)O[C@@H](C)C2CNc2ccc(Cl)cn2)n1. The van der Waals surface area contributed by atoms with Crippen LogP contribution in [-0.4, -0.2) is 67.1 Å². The number of rotatable bonds is 5. The number of pyridine rings is 2. The molecule has 3 aromatic rings. The number of carbonyl (C=O) groups is 1. The standard InChI is InChI=1S/C21H24ClN7O2/c1-13-4-6-17(29-25-8-9-26-29)20(27-13)21(30)28-12-14(2)31-15(3)18(28)11-24-19-7-5-16(22)10-23-19/h4-10,14-15,18H,11-12H2,1-3H3,(H,23,24)/t14-,15+,18?/m1/s1. The molecule has 0 aliphatic carbocycles. The lowest BCUT2D eigenvalue weighted by atomic mass is 10.0. The number of nitrogens with zero attached hydrogens (tertiary/aromatic N) is 6. The molecule has 10 heteroatoms. The number of aryl methyl sites for hydroxylation is 1. The van der Waals surface area contributed by atoms with E-state index in [0.29, 0.717) is 35.3 Å². The summed E-state index contributed by atoms with van der Waals surface area (Å²) in [5.41, 5.74) is 1.60. The quantitative estimate of drug-likeness (QED) is 0.650. The van der Waals surface area contributed by atoms with E-state index in [9.17, 15) is 4.79 Å². The Hall–Kier alpha value is -3.04. The number of amides is 1. The molecule has 3 atom stereocenters. The normalized spacial score (nSPS) is 21.2. The molecule has 9 nitrogen and oxygen atoms in total. The largest absolute Gasteiger partial charge is 0.372 e. The van der Waals surface area contributed by atoms with E-state index in [0.717, 1.165) is 5.69 Å². The summed E-state index contributed by atoms with van der Waals surface area (Å²) < 4.78 is 6.02. The summed E-state index contributed by atoms with van der Waals surface area (Å²) in [5, 5.41) is 12.2. The molecular weight excluding hydrogens is 418 g/mol. The topological polar surface area (TPSA) is 98.1 Å². The number of anilines is 1. The number of carbonyl (C=O) groups excluding carboxylic acids is 1. The van der Waals surface area contributed by atoms with E-state index in [1.54, 1.807) is 30.7 Å². The Morgan fingerprint density at radius 1 is 1.23 bits per heavy atom. The summed E-state index contributed by atoms with van der Waals surface area (Å²) in [5.74, 6) is 0.492. The number of halogens is 1. The van der Waals surface area contributed by atoms with Crippen molar-refractivity contribution >= 4 is 23.3 Å². The van der Waals surface area contributed by atoms with Crippen LogP contribution in [0.3, 0.4) is 0 Å². The Kier molecular flexibility index (Phi) is 6.15. The lowest BCUT2D eigenvalue weighted by Crippen LogP contribution is -2.58. The van der Waals surface area contributed by atoms with Gasteiger partial charge >= 0.3 is 0 Å². The number of ether oxygens (including phenoxy) is 1. The summed E-state index contributed by atoms with van der Waals surface area (Å²) in [6.45, 7) is 6.70. The maximum Gasteiger partial charge on any atom is 0.275 e. The van der Waals surface area contributed by atoms with E-state index in [-0.39, 0.29) is 24.2 Å². The molecule has 4 heterocycles. The number of morpholine rings is 1. The van der Waals surface area contributed by atoms with Gasteiger partial charge in [0.2, 0.25) is 0 Å². The summed E-state index contributed by atoms with van der Waals surface area (Å²) >= 11 is 5.92. The molecular formula is C21H24ClN7O2. The van der Waals surface area contributed by atoms with Gasteiger partial charge in [0, 0.05) is 25.0 Å². The van der Waals surface area contributed by atoms with Crippen molar-refractivity contribution in [3.63, 3.8) is 0 Å². The van der Waals surface area contributed by atoms with E-state index >= 15 is 0 Å². The molecule has 1 N–H and O–H groups in total. The highest BCUT2D eigenvalue weighted by molar-refractivity contribution is 6.30. The Morgan fingerprint density at radius 3 is 2.71 bits per heavy atom. The Balaban J connectivity index is 1.62. The first kappa shape index (κ1) is 21.2. The first-order valence-corrected chi connectivity index (χ1v) is 10.5. The van der Waals surface area contributed by atoms with Gasteiger partial charge < -0.3 is 15.0 Å². The van der Waals surface area contributed by atoms with Gasteiger partial charge in [0.25, 0.3) is 5.91 Å². The zero-order valence-electron chi connectivity index (χ0n) is 17.6. The van der Waals surface area contributed by atoms with Crippen LogP contribution < -0.4 is 5.32 Å². The molecule has 162 valence electrons. The Bertz CT molecular complexity index is 1040. The minimum absolute atomic E-state index is 0.0973. The second-order valence-electron chi connectivity index (χ2n) is 7.56. The molecule has 4 rings (SSSR count). The van der Waals surface area contributed by atoms with Crippen LogP contribution in [0.4, 0.5) is 5.82 Å². The smallest absolute Gasteiger partial charge is 0.275 e. The monoisotopic (exact) mass is 441 g/mol. The van der Waals surface area contributed by atoms with Crippen LogP contribution in [0.5, 0.6) is 0 Å². The average Bonchev–Trinajstić information content (AvgIpc) is 3.28. The van der Waals surface area contributed by atoms with Gasteiger partial charge in [-0.05, 0) is 45.0 Å². The molecule has 0 saturated carbocycles. The van der Waals surface area contributed by atoms with Gasteiger partial charge in [-0.3, -0.25) is 4.79 Å². The van der Waals surface area contributed by atoms with Crippen molar-refractivity contribution in [2.45, 2.75) is 39.0 Å². The predicted octanol–water partition coefficient (Wildman–Crippen LogP) is 2.75. The van der Waals surface area contributed by atoms with Gasteiger partial charge in [-0.1, -0.05) is 11.6 Å². The van der Waals surface area contributed by atoms with Crippen molar-refractivity contribution < 1.29 is 9.53 Å². The molecule has 1 aliphatic rings. The first-order chi connectivity index (χ1) is 14.9. The number of hydrogen-bond donors (Lipinski definition) is 1. The third kappa shape index (κ3) is 4.67. The van der Waals surface area contributed by atoms with Crippen molar-refractivity contribution in [1.29, 1.82) is 0 Å². The van der Waals surface area contributed by atoms with E-state index in [1.165, 1.54) is 4.80 Å². The summed E-state index contributed by atoms with van der Waals surface area (Å²) in [6, 6.07) is 7.00. The molecule has 31 heavy (non-hydrogen) atoms. The highest BCUT2D eigenvalue weighted by Gasteiger charge is 2.37. The molecule has 0 radical (unpaired) electrons. The van der Waals surface area contributed by atoms with E-state index in [2.05, 4.69) is 25.5 Å². The number of hydrogen-bond acceptors (Lipinski definition) is 7. The predicted molar refractivity (Wildman–Crippen MR) is 116 cm³/mol. The zero-order valence-corrected chi connectivity index (χ0v) is 18.3. The fraction of sp³-hybridized carbons (Fsp3) is 0.381. The number of aromatic nitrogens is 5. The summed E-state index contributed by atoms with van der Waals surface area (Å²) in [7, 11) is 0. The van der Waals surface area contributed by atoms with Crippen LogP contribution in [0.25, 0.3) is 5.69 Å². The van der Waals surface area contributed by atoms with Gasteiger partial charge in [0.05, 0.1) is 35.7 Å². The van der Waals surface area contributed by atoms with Crippen LogP contribution in [0.1, 0.15) is 30.0 Å². The molecule has 1 saturated heterocycles. The lowest BCUT2D eigenvalue weighted by Gasteiger charge is -2.42. The molecule has 3 aromatic heterocycles. The minimum Gasteiger partial charge on any atom is -0.372 e. The molecule has 1 aliphatic heterocycles. The van der Waals surface area contributed by atoms with Crippen molar-refractivity contribution in [2.24, 2.45) is 0 Å². The van der Waals surface area contributed by atoms with Crippen LogP contribution in [0, 0.1) is 6.92 Å². The van der Waals surface area contributed by atoms with Gasteiger partial charge in [0.1, 0.15) is 11.5 Å². The molecule has 0 spiro atoms. The highest BCUT2D eigenvalue weighted by atomic mass is 35.5. The fourth-order valence-corrected chi connectivity index (χ4v) is 3.82. The van der Waals surface area contributed by atoms with E-state index in [4.69, 9.17) is 16.3 Å². The van der Waals surface area contributed by atoms with Gasteiger partial charge in [-0.2, -0.15) is 10.2 Å². The van der Waals surface area contributed by atoms with E-state index in [1.807, 2.05) is 37.8 Å². The van der Waals surface area contributed by atoms with Gasteiger partial charge in [-0.15, -0.1) is 4.80 Å². The summed E-state index contributed by atoms with van der Waals surface area (Å²) in [6.07, 6.45) is 4.44. The second kappa shape index (κ2) is 8.99. The number of nitrogens with one attached hydrogen (secondary N) is 1. The Labute approximate surface area is 185 Å². The third-order valence-electron chi connectivity index (χ3n) is 5.17. The van der Waals surface area contributed by atoms with Crippen molar-refractivity contribution in [1.82, 2.24) is 29.9 Å². The average molecular weight is 442 g/mol. The summed E-state index contributed by atoms with van der Waals surface area (Å²) in [4.78, 5) is 25.7. The first-order valence-electron chi connectivity index (χ1n) is 10.1. The molecule has 1 unspecified atom stereocenters. The van der Waals surface area contributed by atoms with Crippen molar-refractivity contribution in [2.75, 3.05) is 18.4 Å². The minimum atomic E-state index is -0.220. The zero-order chi connectivity index (χ0) is 22.0. The molecule has 1 fully saturated rings. The Morgan fingerprint density at radius 2 is 2.00 bits per heavy atom. The van der Waals surface area contributed by atoms with Crippen LogP contribution in [-0.2, 0) is 4.74 Å².